The summed E-state index contributed by atoms with van der Waals surface area (Å²) in [5.74, 6) is -0.650. The third-order valence-corrected chi connectivity index (χ3v) is 5.38. The van der Waals surface area contributed by atoms with Crippen molar-refractivity contribution in [2.24, 2.45) is 0 Å². The summed E-state index contributed by atoms with van der Waals surface area (Å²) < 4.78 is 15.4. The first kappa shape index (κ1) is 23.4. The van der Waals surface area contributed by atoms with Gasteiger partial charge in [-0.25, -0.2) is 24.3 Å². The molecule has 5 aromatic rings. The largest absolute Gasteiger partial charge is 0.306 e. The summed E-state index contributed by atoms with van der Waals surface area (Å²) in [6, 6.07) is 18.6. The molecule has 0 fully saturated rings. The van der Waals surface area contributed by atoms with Crippen molar-refractivity contribution < 1.29 is 9.18 Å². The molecule has 0 atom stereocenters. The quantitative estimate of drug-likeness (QED) is 0.155. The molecule has 34 heavy (non-hydrogen) atoms. The van der Waals surface area contributed by atoms with Gasteiger partial charge in [-0.2, -0.15) is 0 Å². The third kappa shape index (κ3) is 5.78. The molecule has 0 radical (unpaired) electrons. The molecular weight excluding hydrogens is 521 g/mol. The average Bonchev–Trinajstić information content (AvgIpc) is 3.36. The van der Waals surface area contributed by atoms with Crippen molar-refractivity contribution >= 4 is 33.3 Å². The molecule has 6 nitrogen and oxygen atoms in total. The fourth-order valence-corrected chi connectivity index (χ4v) is 3.51. The van der Waals surface area contributed by atoms with Crippen LogP contribution in [0.4, 0.5) is 4.39 Å². The first-order chi connectivity index (χ1) is 16.5. The van der Waals surface area contributed by atoms with E-state index in [0.29, 0.717) is 15.5 Å². The fraction of sp³-hybridized carbons (Fsp3) is 0. The number of hydrogen-bond acceptors (Lipinski definition) is 5. The van der Waals surface area contributed by atoms with Gasteiger partial charge >= 0.3 is 0 Å². The number of hydrogen-bond donors (Lipinski definition) is 0. The Hall–Kier alpha value is -3.75. The Kier molecular flexibility index (Phi) is 7.51. The molecule has 0 amide bonds. The fourth-order valence-electron chi connectivity index (χ4n) is 3.05. The van der Waals surface area contributed by atoms with E-state index in [2.05, 4.69) is 35.9 Å². The van der Waals surface area contributed by atoms with Gasteiger partial charge in [0.2, 0.25) is 5.78 Å². The van der Waals surface area contributed by atoms with Crippen molar-refractivity contribution in [3.8, 4) is 16.8 Å². The number of pyridine rings is 1. The maximum Gasteiger partial charge on any atom is 0.212 e. The lowest BCUT2D eigenvalue weighted by Gasteiger charge is -2.07. The van der Waals surface area contributed by atoms with Gasteiger partial charge in [0.15, 0.2) is 4.73 Å². The SMILES string of the molecule is Brc1ncccn1.O=C(c1ccc(F)cc1)c1cn(-c2cccc(-c3cccnc3Cl)c2)cn1. The minimum atomic E-state index is -0.386. The molecule has 0 unspecified atom stereocenters. The normalized spacial score (nSPS) is 10.3. The maximum absolute atomic E-state index is 13.0. The molecule has 2 aromatic carbocycles. The Labute approximate surface area is 208 Å². The highest BCUT2D eigenvalue weighted by atomic mass is 79.9. The summed E-state index contributed by atoms with van der Waals surface area (Å²) in [5.41, 5.74) is 3.23. The minimum absolute atomic E-state index is 0.264. The second-order valence-corrected chi connectivity index (χ2v) is 7.98. The molecule has 3 heterocycles. The monoisotopic (exact) mass is 535 g/mol. The van der Waals surface area contributed by atoms with E-state index in [1.807, 2.05) is 36.4 Å². The van der Waals surface area contributed by atoms with Gasteiger partial charge in [0.05, 0.1) is 0 Å². The van der Waals surface area contributed by atoms with Crippen LogP contribution in [0.5, 0.6) is 0 Å². The van der Waals surface area contributed by atoms with E-state index in [1.165, 1.54) is 24.3 Å². The lowest BCUT2D eigenvalue weighted by molar-refractivity contribution is 0.103. The lowest BCUT2D eigenvalue weighted by atomic mass is 10.1. The molecule has 168 valence electrons. The van der Waals surface area contributed by atoms with Gasteiger partial charge < -0.3 is 4.57 Å². The summed E-state index contributed by atoms with van der Waals surface area (Å²) in [5, 5.41) is 0.424. The standard InChI is InChI=1S/C21H13ClFN3O.C4H3BrN2/c22-21-18(5-2-10-24-21)15-3-1-4-17(11-15)26-12-19(25-13-26)20(27)14-6-8-16(23)9-7-14;5-4-6-2-1-3-7-4/h1-13H;1-3H. The topological polar surface area (TPSA) is 73.6 Å². The first-order valence-corrected chi connectivity index (χ1v) is 11.2. The number of carbonyl (C=O) groups is 1. The molecule has 5 rings (SSSR count). The van der Waals surface area contributed by atoms with Gasteiger partial charge in [-0.3, -0.25) is 4.79 Å². The Bertz CT molecular complexity index is 1410. The molecule has 9 heteroatoms. The number of halogens is 3. The zero-order valence-electron chi connectivity index (χ0n) is 17.5. The summed E-state index contributed by atoms with van der Waals surface area (Å²) in [6.45, 7) is 0. The van der Waals surface area contributed by atoms with Gasteiger partial charge in [-0.05, 0) is 76.1 Å². The van der Waals surface area contributed by atoms with Crippen LogP contribution in [0.25, 0.3) is 16.8 Å². The highest BCUT2D eigenvalue weighted by Gasteiger charge is 2.13. The molecule has 0 saturated heterocycles. The van der Waals surface area contributed by atoms with Gasteiger partial charge in [0.1, 0.15) is 23.0 Å². The van der Waals surface area contributed by atoms with E-state index in [-0.39, 0.29) is 17.3 Å². The highest BCUT2D eigenvalue weighted by Crippen LogP contribution is 2.27. The summed E-state index contributed by atoms with van der Waals surface area (Å²) in [7, 11) is 0. The predicted octanol–water partition coefficient (Wildman–Crippen LogP) is 6.20. The average molecular weight is 537 g/mol. The molecule has 0 bridgehead atoms. The second-order valence-electron chi connectivity index (χ2n) is 6.91. The Balaban J connectivity index is 0.000000336. The van der Waals surface area contributed by atoms with Crippen LogP contribution >= 0.6 is 27.5 Å². The number of carbonyl (C=O) groups excluding carboxylic acids is 1. The lowest BCUT2D eigenvalue weighted by Crippen LogP contribution is -2.01. The number of benzene rings is 2. The van der Waals surface area contributed by atoms with Crippen LogP contribution in [0.1, 0.15) is 16.1 Å². The summed E-state index contributed by atoms with van der Waals surface area (Å²) in [4.78, 5) is 28.4. The number of nitrogens with zero attached hydrogens (tertiary/aromatic N) is 5. The molecule has 0 saturated carbocycles. The number of rotatable bonds is 4. The predicted molar refractivity (Wildman–Crippen MR) is 131 cm³/mol. The van der Waals surface area contributed by atoms with Gasteiger partial charge in [-0.15, -0.1) is 0 Å². The van der Waals surface area contributed by atoms with Crippen LogP contribution in [0.3, 0.4) is 0 Å². The van der Waals surface area contributed by atoms with Crippen LogP contribution in [0.2, 0.25) is 5.15 Å². The van der Waals surface area contributed by atoms with E-state index in [4.69, 9.17) is 11.6 Å². The van der Waals surface area contributed by atoms with Crippen LogP contribution < -0.4 is 0 Å². The first-order valence-electron chi connectivity index (χ1n) is 9.99. The van der Waals surface area contributed by atoms with Gasteiger partial charge in [0, 0.05) is 41.6 Å². The Morgan fingerprint density at radius 3 is 2.29 bits per heavy atom. The van der Waals surface area contributed by atoms with E-state index >= 15 is 0 Å². The van der Waals surface area contributed by atoms with Gasteiger partial charge in [0.25, 0.3) is 0 Å². The van der Waals surface area contributed by atoms with Gasteiger partial charge in [-0.1, -0.05) is 23.7 Å². The summed E-state index contributed by atoms with van der Waals surface area (Å²) in [6.07, 6.45) is 8.21. The molecule has 0 spiro atoms. The van der Waals surface area contributed by atoms with Crippen molar-refractivity contribution in [1.29, 1.82) is 0 Å². The third-order valence-electron chi connectivity index (χ3n) is 4.67. The Morgan fingerprint density at radius 2 is 1.62 bits per heavy atom. The highest BCUT2D eigenvalue weighted by molar-refractivity contribution is 9.10. The van der Waals surface area contributed by atoms with E-state index in [9.17, 15) is 9.18 Å². The molecule has 0 N–H and O–H groups in total. The minimum Gasteiger partial charge on any atom is -0.306 e. The molecule has 0 aliphatic rings. The molecular formula is C25H16BrClFN5O. The van der Waals surface area contributed by atoms with Crippen molar-refractivity contribution in [2.45, 2.75) is 0 Å². The smallest absolute Gasteiger partial charge is 0.212 e. The Morgan fingerprint density at radius 1 is 0.882 bits per heavy atom. The van der Waals surface area contributed by atoms with Crippen molar-refractivity contribution in [3.63, 3.8) is 0 Å². The number of aromatic nitrogens is 5. The van der Waals surface area contributed by atoms with Crippen LogP contribution in [-0.2, 0) is 0 Å². The maximum atomic E-state index is 13.0. The molecule has 0 aliphatic heterocycles. The zero-order chi connectivity index (χ0) is 23.9. The van der Waals surface area contributed by atoms with Crippen molar-refractivity contribution in [3.05, 3.63) is 125 Å². The van der Waals surface area contributed by atoms with Crippen LogP contribution in [-0.4, -0.2) is 30.3 Å². The second kappa shape index (κ2) is 10.9. The van der Waals surface area contributed by atoms with E-state index in [1.54, 1.807) is 41.7 Å². The van der Waals surface area contributed by atoms with Crippen molar-refractivity contribution in [1.82, 2.24) is 24.5 Å². The van der Waals surface area contributed by atoms with Crippen LogP contribution in [0, 0.1) is 5.82 Å². The van der Waals surface area contributed by atoms with E-state index < -0.39 is 0 Å². The van der Waals surface area contributed by atoms with Crippen molar-refractivity contribution in [2.75, 3.05) is 0 Å². The summed E-state index contributed by atoms with van der Waals surface area (Å²) >= 11 is 9.27. The zero-order valence-corrected chi connectivity index (χ0v) is 19.9. The van der Waals surface area contributed by atoms with Crippen LogP contribution in [0.15, 0.2) is 103 Å². The number of imidazole rings is 1. The van der Waals surface area contributed by atoms with E-state index in [0.717, 1.165) is 16.8 Å². The molecule has 3 aromatic heterocycles. The number of ketones is 1. The molecule has 0 aliphatic carbocycles.